The van der Waals surface area contributed by atoms with Gasteiger partial charge in [0, 0.05) is 5.56 Å². The molecule has 14 heavy (non-hydrogen) atoms. The maximum atomic E-state index is 11.6. The van der Waals surface area contributed by atoms with E-state index in [1.165, 1.54) is 0 Å². The Morgan fingerprint density at radius 1 is 1.50 bits per heavy atom. The molecule has 0 heterocycles. The maximum Gasteiger partial charge on any atom is 0.185 e. The van der Waals surface area contributed by atoms with Crippen molar-refractivity contribution in [2.75, 3.05) is 6.54 Å². The predicted octanol–water partition coefficient (Wildman–Crippen LogP) is 2.53. The van der Waals surface area contributed by atoms with E-state index in [0.29, 0.717) is 0 Å². The van der Waals surface area contributed by atoms with E-state index in [9.17, 15) is 4.79 Å². The molecule has 1 rings (SSSR count). The Hall–Kier alpha value is -1.31. The van der Waals surface area contributed by atoms with Crippen LogP contribution < -0.4 is 0 Å². The van der Waals surface area contributed by atoms with Crippen LogP contribution in [0, 0.1) is 0 Å². The van der Waals surface area contributed by atoms with Crippen LogP contribution in [-0.4, -0.2) is 17.5 Å². The van der Waals surface area contributed by atoms with Crippen molar-refractivity contribution in [2.45, 2.75) is 13.3 Å². The topological polar surface area (TPSA) is 29.4 Å². The van der Waals surface area contributed by atoms with Gasteiger partial charge in [-0.2, -0.15) is 0 Å². The number of hydrogen-bond acceptors (Lipinski definition) is 3. The zero-order chi connectivity index (χ0) is 10.4. The number of carbonyl (C=O) groups is 1. The van der Waals surface area contributed by atoms with Gasteiger partial charge in [0.1, 0.15) is 6.54 Å². The van der Waals surface area contributed by atoms with E-state index < -0.39 is 0 Å². The molecule has 1 aromatic carbocycles. The SMILES string of the molecule is CCc1ccccc1C(=O)CN=C=S. The molecule has 0 aromatic heterocycles. The van der Waals surface area contributed by atoms with E-state index in [1.54, 1.807) is 0 Å². The number of isothiocyanates is 1. The standard InChI is InChI=1S/C11H11NOS/c1-2-9-5-3-4-6-10(9)11(13)7-12-8-14/h3-6H,2,7H2,1H3. The van der Waals surface area contributed by atoms with Crippen molar-refractivity contribution in [2.24, 2.45) is 4.99 Å². The van der Waals surface area contributed by atoms with Crippen LogP contribution in [-0.2, 0) is 6.42 Å². The summed E-state index contributed by atoms with van der Waals surface area (Å²) in [6, 6.07) is 7.56. The fraction of sp³-hybridized carbons (Fsp3) is 0.273. The molecule has 0 atom stereocenters. The first-order valence-electron chi connectivity index (χ1n) is 4.44. The van der Waals surface area contributed by atoms with Gasteiger partial charge in [0.15, 0.2) is 5.78 Å². The lowest BCUT2D eigenvalue weighted by molar-refractivity contribution is 0.100. The molecule has 0 fully saturated rings. The summed E-state index contributed by atoms with van der Waals surface area (Å²) in [5.41, 5.74) is 1.79. The molecule has 0 amide bonds. The highest BCUT2D eigenvalue weighted by atomic mass is 32.1. The van der Waals surface area contributed by atoms with E-state index in [1.807, 2.05) is 31.2 Å². The highest BCUT2D eigenvalue weighted by molar-refractivity contribution is 7.78. The Morgan fingerprint density at radius 3 is 2.86 bits per heavy atom. The second kappa shape index (κ2) is 5.43. The number of aliphatic imine (C=N–C) groups is 1. The summed E-state index contributed by atoms with van der Waals surface area (Å²) >= 11 is 4.41. The highest BCUT2D eigenvalue weighted by Crippen LogP contribution is 2.10. The van der Waals surface area contributed by atoms with Gasteiger partial charge in [-0.15, -0.1) is 0 Å². The Kier molecular flexibility index (Phi) is 4.17. The van der Waals surface area contributed by atoms with Gasteiger partial charge >= 0.3 is 0 Å². The van der Waals surface area contributed by atoms with Crippen LogP contribution >= 0.6 is 12.2 Å². The molecule has 3 heteroatoms. The van der Waals surface area contributed by atoms with Gasteiger partial charge in [-0.05, 0) is 24.2 Å². The lowest BCUT2D eigenvalue weighted by atomic mass is 10.0. The van der Waals surface area contributed by atoms with Crippen molar-refractivity contribution >= 4 is 23.2 Å². The zero-order valence-corrected chi connectivity index (χ0v) is 8.80. The number of carbonyl (C=O) groups excluding carboxylic acids is 1. The Labute approximate surface area is 88.7 Å². The van der Waals surface area contributed by atoms with E-state index in [0.717, 1.165) is 17.5 Å². The van der Waals surface area contributed by atoms with Crippen LogP contribution in [0.3, 0.4) is 0 Å². The molecule has 0 bridgehead atoms. The Morgan fingerprint density at radius 2 is 2.21 bits per heavy atom. The fourth-order valence-corrected chi connectivity index (χ4v) is 1.35. The van der Waals surface area contributed by atoms with Crippen LogP contribution in [0.1, 0.15) is 22.8 Å². The van der Waals surface area contributed by atoms with Crippen molar-refractivity contribution in [3.8, 4) is 0 Å². The molecule has 0 aliphatic rings. The lowest BCUT2D eigenvalue weighted by Crippen LogP contribution is -2.06. The van der Waals surface area contributed by atoms with Crippen molar-refractivity contribution in [3.63, 3.8) is 0 Å². The van der Waals surface area contributed by atoms with Crippen molar-refractivity contribution < 1.29 is 4.79 Å². The first-order valence-corrected chi connectivity index (χ1v) is 4.85. The molecule has 0 spiro atoms. The molecule has 1 aromatic rings. The first-order chi connectivity index (χ1) is 6.79. The average Bonchev–Trinajstić information content (AvgIpc) is 2.25. The van der Waals surface area contributed by atoms with Crippen LogP contribution in [0.5, 0.6) is 0 Å². The molecule has 0 aliphatic heterocycles. The van der Waals surface area contributed by atoms with Crippen LogP contribution in [0.15, 0.2) is 29.3 Å². The molecule has 0 saturated carbocycles. The van der Waals surface area contributed by atoms with Crippen LogP contribution in [0.2, 0.25) is 0 Å². The number of Topliss-reactive ketones (excluding diaryl/α,β-unsaturated/α-hetero) is 1. The summed E-state index contributed by atoms with van der Waals surface area (Å²) < 4.78 is 0. The average molecular weight is 205 g/mol. The predicted molar refractivity (Wildman–Crippen MR) is 60.0 cm³/mol. The monoisotopic (exact) mass is 205 g/mol. The van der Waals surface area contributed by atoms with Crippen molar-refractivity contribution in [1.82, 2.24) is 0 Å². The molecule has 0 unspecified atom stereocenters. The summed E-state index contributed by atoms with van der Waals surface area (Å²) in [6.45, 7) is 2.12. The smallest absolute Gasteiger partial charge is 0.185 e. The van der Waals surface area contributed by atoms with Crippen LogP contribution in [0.25, 0.3) is 0 Å². The normalized spacial score (nSPS) is 9.21. The number of hydrogen-bond donors (Lipinski definition) is 0. The van der Waals surface area contributed by atoms with E-state index in [4.69, 9.17) is 0 Å². The molecule has 72 valence electrons. The van der Waals surface area contributed by atoms with Gasteiger partial charge in [0.25, 0.3) is 0 Å². The number of thiocarbonyl (C=S) groups is 1. The van der Waals surface area contributed by atoms with Gasteiger partial charge in [0.2, 0.25) is 0 Å². The molecule has 0 aliphatic carbocycles. The first kappa shape index (κ1) is 10.8. The van der Waals surface area contributed by atoms with Crippen molar-refractivity contribution in [1.29, 1.82) is 0 Å². The van der Waals surface area contributed by atoms with E-state index in [-0.39, 0.29) is 12.3 Å². The third-order valence-corrected chi connectivity index (χ3v) is 2.11. The van der Waals surface area contributed by atoms with Crippen LogP contribution in [0.4, 0.5) is 0 Å². The van der Waals surface area contributed by atoms with Gasteiger partial charge in [-0.25, -0.2) is 4.99 Å². The zero-order valence-electron chi connectivity index (χ0n) is 7.99. The van der Waals surface area contributed by atoms with E-state index >= 15 is 0 Å². The number of benzene rings is 1. The Bertz CT molecular complexity index is 381. The summed E-state index contributed by atoms with van der Waals surface area (Å²) in [4.78, 5) is 15.2. The van der Waals surface area contributed by atoms with E-state index in [2.05, 4.69) is 22.4 Å². The number of rotatable bonds is 4. The highest BCUT2D eigenvalue weighted by Gasteiger charge is 2.07. The van der Waals surface area contributed by atoms with Gasteiger partial charge < -0.3 is 0 Å². The molecular formula is C11H11NOS. The van der Waals surface area contributed by atoms with Gasteiger partial charge in [-0.1, -0.05) is 31.2 Å². The molecule has 0 N–H and O–H groups in total. The third-order valence-electron chi connectivity index (χ3n) is 1.99. The lowest BCUT2D eigenvalue weighted by Gasteiger charge is -2.03. The largest absolute Gasteiger partial charge is 0.292 e. The maximum absolute atomic E-state index is 11.6. The second-order valence-corrected chi connectivity index (χ2v) is 3.02. The third kappa shape index (κ3) is 2.59. The van der Waals surface area contributed by atoms with Gasteiger partial charge in [0.05, 0.1) is 5.16 Å². The quantitative estimate of drug-likeness (QED) is 0.429. The van der Waals surface area contributed by atoms with Gasteiger partial charge in [-0.3, -0.25) is 4.79 Å². The molecule has 0 saturated heterocycles. The van der Waals surface area contributed by atoms with Crippen molar-refractivity contribution in [3.05, 3.63) is 35.4 Å². The minimum atomic E-state index is -0.000185. The number of ketones is 1. The molecule has 2 nitrogen and oxygen atoms in total. The minimum Gasteiger partial charge on any atom is -0.292 e. The Balaban J connectivity index is 2.93. The fourth-order valence-electron chi connectivity index (χ4n) is 1.29. The summed E-state index contributed by atoms with van der Waals surface area (Å²) in [7, 11) is 0. The summed E-state index contributed by atoms with van der Waals surface area (Å²) in [6.07, 6.45) is 0.850. The number of aryl methyl sites for hydroxylation is 1. The molecule has 0 radical (unpaired) electrons. The minimum absolute atomic E-state index is 0.000185. The summed E-state index contributed by atoms with van der Waals surface area (Å²) in [5.74, 6) is -0.000185. The summed E-state index contributed by atoms with van der Waals surface area (Å²) in [5, 5.41) is 2.19. The molecular weight excluding hydrogens is 194 g/mol. The second-order valence-electron chi connectivity index (χ2n) is 2.84. The number of nitrogens with zero attached hydrogens (tertiary/aromatic N) is 1.